The number of nitrogens with one attached hydrogen (secondary N) is 1. The van der Waals surface area contributed by atoms with E-state index in [9.17, 15) is 22.8 Å². The van der Waals surface area contributed by atoms with E-state index in [2.05, 4.69) is 5.32 Å². The van der Waals surface area contributed by atoms with E-state index in [0.717, 1.165) is 18.9 Å². The van der Waals surface area contributed by atoms with Crippen LogP contribution < -0.4 is 11.1 Å². The van der Waals surface area contributed by atoms with Gasteiger partial charge in [-0.1, -0.05) is 0 Å². The molecule has 0 saturated carbocycles. The number of hydrogen-bond acceptors (Lipinski definition) is 3. The zero-order chi connectivity index (χ0) is 19.7. The zero-order valence-corrected chi connectivity index (χ0v) is 15.2. The number of rotatable bonds is 5. The Bertz CT molecular complexity index is 729. The fourth-order valence-electron chi connectivity index (χ4n) is 4.41. The molecule has 2 heterocycles. The molecule has 0 aliphatic carbocycles. The molecular formula is C19H24F3N3O2. The molecule has 3 N–H and O–H groups in total. The number of fused-ring (bicyclic) bond motifs is 2. The molecule has 2 fully saturated rings. The molecule has 1 aromatic carbocycles. The lowest BCUT2D eigenvalue weighted by atomic mass is 9.82. The lowest BCUT2D eigenvalue weighted by molar-refractivity contribution is -0.137. The van der Waals surface area contributed by atoms with Crippen molar-refractivity contribution in [3.05, 3.63) is 35.1 Å². The fourth-order valence-corrected chi connectivity index (χ4v) is 4.41. The summed E-state index contributed by atoms with van der Waals surface area (Å²) in [5.41, 5.74) is 6.33. The predicted molar refractivity (Wildman–Crippen MR) is 93.1 cm³/mol. The van der Waals surface area contributed by atoms with Gasteiger partial charge in [0.25, 0.3) is 0 Å². The number of halogens is 3. The van der Waals surface area contributed by atoms with Crippen molar-refractivity contribution in [2.24, 2.45) is 11.7 Å². The van der Waals surface area contributed by atoms with Crippen molar-refractivity contribution < 1.29 is 22.8 Å². The van der Waals surface area contributed by atoms with Crippen LogP contribution in [0.1, 0.15) is 38.2 Å². The van der Waals surface area contributed by atoms with E-state index in [1.165, 1.54) is 6.92 Å². The molecule has 148 valence electrons. The molecule has 0 radical (unpaired) electrons. The maximum Gasteiger partial charge on any atom is 0.242 e. The van der Waals surface area contributed by atoms with Crippen LogP contribution in [-0.4, -0.2) is 41.4 Å². The lowest BCUT2D eigenvalue weighted by Crippen LogP contribution is -2.52. The largest absolute Gasteiger partial charge is 0.347 e. The fraction of sp³-hybridized carbons (Fsp3) is 0.579. The van der Waals surface area contributed by atoms with Gasteiger partial charge in [-0.2, -0.15) is 0 Å². The molecule has 1 aromatic rings. The van der Waals surface area contributed by atoms with Crippen LogP contribution >= 0.6 is 0 Å². The number of benzene rings is 1. The first-order valence-corrected chi connectivity index (χ1v) is 9.20. The van der Waals surface area contributed by atoms with Crippen molar-refractivity contribution in [3.8, 4) is 0 Å². The zero-order valence-electron chi connectivity index (χ0n) is 15.2. The molecule has 2 saturated heterocycles. The highest BCUT2D eigenvalue weighted by Gasteiger charge is 2.44. The number of hydrogen-bond donors (Lipinski definition) is 2. The minimum Gasteiger partial charge on any atom is -0.347 e. The first-order chi connectivity index (χ1) is 12.8. The average molecular weight is 383 g/mol. The molecule has 3 rings (SSSR count). The van der Waals surface area contributed by atoms with Gasteiger partial charge in [0.15, 0.2) is 11.6 Å². The Morgan fingerprint density at radius 2 is 1.74 bits per heavy atom. The average Bonchev–Trinajstić information content (AvgIpc) is 2.87. The maximum absolute atomic E-state index is 13.9. The Morgan fingerprint density at radius 1 is 1.15 bits per heavy atom. The van der Waals surface area contributed by atoms with Crippen molar-refractivity contribution in [1.29, 1.82) is 0 Å². The summed E-state index contributed by atoms with van der Waals surface area (Å²) < 4.78 is 40.4. The van der Waals surface area contributed by atoms with Crippen LogP contribution in [0.5, 0.6) is 0 Å². The summed E-state index contributed by atoms with van der Waals surface area (Å²) in [4.78, 5) is 25.3. The minimum atomic E-state index is -1.21. The van der Waals surface area contributed by atoms with E-state index in [1.54, 1.807) is 0 Å². The monoisotopic (exact) mass is 383 g/mol. The number of amides is 2. The van der Waals surface area contributed by atoms with Gasteiger partial charge in [0.1, 0.15) is 5.82 Å². The van der Waals surface area contributed by atoms with E-state index >= 15 is 0 Å². The number of nitrogens with zero attached hydrogens (tertiary/aromatic N) is 1. The molecule has 0 aromatic heterocycles. The van der Waals surface area contributed by atoms with E-state index in [-0.39, 0.29) is 48.3 Å². The number of carbonyl (C=O) groups is 2. The van der Waals surface area contributed by atoms with Crippen molar-refractivity contribution in [1.82, 2.24) is 10.2 Å². The van der Waals surface area contributed by atoms with Gasteiger partial charge < -0.3 is 16.0 Å². The van der Waals surface area contributed by atoms with Gasteiger partial charge in [0.2, 0.25) is 11.8 Å². The molecule has 2 aliphatic heterocycles. The first-order valence-electron chi connectivity index (χ1n) is 9.20. The van der Waals surface area contributed by atoms with E-state index in [4.69, 9.17) is 5.73 Å². The van der Waals surface area contributed by atoms with E-state index in [1.807, 2.05) is 4.90 Å². The number of piperidine rings is 1. The number of carbonyl (C=O) groups excluding carboxylic acids is 2. The third-order valence-corrected chi connectivity index (χ3v) is 5.70. The summed E-state index contributed by atoms with van der Waals surface area (Å²) >= 11 is 0. The van der Waals surface area contributed by atoms with Gasteiger partial charge in [0.05, 0.1) is 6.54 Å². The van der Waals surface area contributed by atoms with Crippen molar-refractivity contribution in [3.63, 3.8) is 0 Å². The molecular weight excluding hydrogens is 359 g/mol. The summed E-state index contributed by atoms with van der Waals surface area (Å²) in [7, 11) is 0. The Morgan fingerprint density at radius 3 is 2.33 bits per heavy atom. The SMILES string of the molecule is CC(=O)NCC(=O)N1C2CCC1CC([C@H](N)Cc1cc(F)c(F)cc1F)C2. The Labute approximate surface area is 156 Å². The quantitative estimate of drug-likeness (QED) is 0.763. The molecule has 8 heteroatoms. The summed E-state index contributed by atoms with van der Waals surface area (Å²) in [6.45, 7) is 1.35. The lowest BCUT2D eigenvalue weighted by Gasteiger charge is -2.41. The van der Waals surface area contributed by atoms with Crippen molar-refractivity contribution in [2.75, 3.05) is 6.54 Å². The van der Waals surface area contributed by atoms with Crippen LogP contribution in [0, 0.1) is 23.4 Å². The Kier molecular flexibility index (Phi) is 5.74. The highest BCUT2D eigenvalue weighted by Crippen LogP contribution is 2.40. The minimum absolute atomic E-state index is 0.0148. The van der Waals surface area contributed by atoms with Crippen LogP contribution in [0.4, 0.5) is 13.2 Å². The number of nitrogens with two attached hydrogens (primary N) is 1. The first kappa shape index (κ1) is 19.7. The van der Waals surface area contributed by atoms with Gasteiger partial charge in [-0.05, 0) is 49.7 Å². The van der Waals surface area contributed by atoms with Gasteiger partial charge in [-0.25, -0.2) is 13.2 Å². The van der Waals surface area contributed by atoms with Crippen LogP contribution in [0.3, 0.4) is 0 Å². The Hall–Kier alpha value is -2.09. The second-order valence-corrected chi connectivity index (χ2v) is 7.55. The topological polar surface area (TPSA) is 75.4 Å². The standard InChI is InChI=1S/C19H24F3N3O2/c1-10(26)24-9-19(27)25-13-2-3-14(25)5-12(4-13)18(23)7-11-6-16(21)17(22)8-15(11)20/h6,8,12-14,18H,2-5,7,9,23H2,1H3,(H,24,26)/t12?,13?,14?,18-/m1/s1. The van der Waals surface area contributed by atoms with E-state index < -0.39 is 23.5 Å². The molecule has 2 amide bonds. The smallest absolute Gasteiger partial charge is 0.242 e. The molecule has 2 unspecified atom stereocenters. The molecule has 3 atom stereocenters. The predicted octanol–water partition coefficient (Wildman–Crippen LogP) is 1.88. The van der Waals surface area contributed by atoms with Gasteiger partial charge in [-0.15, -0.1) is 0 Å². The molecule has 0 spiro atoms. The summed E-state index contributed by atoms with van der Waals surface area (Å²) in [5.74, 6) is -3.38. The molecule has 27 heavy (non-hydrogen) atoms. The van der Waals surface area contributed by atoms with Gasteiger partial charge in [-0.3, -0.25) is 9.59 Å². The van der Waals surface area contributed by atoms with E-state index in [0.29, 0.717) is 18.9 Å². The Balaban J connectivity index is 1.63. The van der Waals surface area contributed by atoms with Crippen LogP contribution in [-0.2, 0) is 16.0 Å². The van der Waals surface area contributed by atoms with Crippen LogP contribution in [0.2, 0.25) is 0 Å². The normalized spacial score (nSPS) is 25.4. The third kappa shape index (κ3) is 4.26. The van der Waals surface area contributed by atoms with Gasteiger partial charge in [0, 0.05) is 31.1 Å². The van der Waals surface area contributed by atoms with Crippen molar-refractivity contribution >= 4 is 11.8 Å². The van der Waals surface area contributed by atoms with Gasteiger partial charge >= 0.3 is 0 Å². The highest BCUT2D eigenvalue weighted by molar-refractivity contribution is 5.84. The highest BCUT2D eigenvalue weighted by atomic mass is 19.2. The molecule has 5 nitrogen and oxygen atoms in total. The summed E-state index contributed by atoms with van der Waals surface area (Å²) in [6.07, 6.45) is 3.25. The van der Waals surface area contributed by atoms with Crippen LogP contribution in [0.25, 0.3) is 0 Å². The summed E-state index contributed by atoms with van der Waals surface area (Å²) in [6, 6.07) is 1.11. The molecule has 2 aliphatic rings. The second-order valence-electron chi connectivity index (χ2n) is 7.55. The second kappa shape index (κ2) is 7.88. The summed E-state index contributed by atoms with van der Waals surface area (Å²) in [5, 5.41) is 2.53. The third-order valence-electron chi connectivity index (χ3n) is 5.70. The van der Waals surface area contributed by atoms with Crippen molar-refractivity contribution in [2.45, 2.75) is 57.2 Å². The maximum atomic E-state index is 13.9. The molecule has 2 bridgehead atoms. The van der Waals surface area contributed by atoms with Crippen LogP contribution in [0.15, 0.2) is 12.1 Å².